The van der Waals surface area contributed by atoms with Crippen molar-refractivity contribution in [3.63, 3.8) is 0 Å². The van der Waals surface area contributed by atoms with Crippen molar-refractivity contribution in [1.82, 2.24) is 14.8 Å². The molecule has 1 atom stereocenters. The molecule has 25 heavy (non-hydrogen) atoms. The standard InChI is InChI=1S/C17H22F3N3O2/c18-17(19,20)15-5-4-13(11-21-15)16(24)23-7-2-6-22(8-9-23)12-14-3-1-10-25-14/h4-5,11,14H,1-3,6-10,12H2. The monoisotopic (exact) mass is 357 g/mol. The molecular formula is C17H22F3N3O2. The highest BCUT2D eigenvalue weighted by Gasteiger charge is 2.32. The molecule has 2 saturated heterocycles. The number of carbonyl (C=O) groups is 1. The number of hydrogen-bond donors (Lipinski definition) is 0. The number of carbonyl (C=O) groups excluding carboxylic acids is 1. The van der Waals surface area contributed by atoms with Crippen LogP contribution in [0.4, 0.5) is 13.2 Å². The molecule has 3 rings (SSSR count). The maximum Gasteiger partial charge on any atom is 0.433 e. The Morgan fingerprint density at radius 1 is 1.20 bits per heavy atom. The zero-order valence-electron chi connectivity index (χ0n) is 14.0. The van der Waals surface area contributed by atoms with Crippen LogP contribution >= 0.6 is 0 Å². The van der Waals surface area contributed by atoms with Gasteiger partial charge in [-0.15, -0.1) is 0 Å². The zero-order valence-corrected chi connectivity index (χ0v) is 14.0. The fourth-order valence-electron chi connectivity index (χ4n) is 3.30. The van der Waals surface area contributed by atoms with E-state index in [4.69, 9.17) is 4.74 Å². The molecule has 0 bridgehead atoms. The predicted molar refractivity (Wildman–Crippen MR) is 85.2 cm³/mol. The van der Waals surface area contributed by atoms with Crippen LogP contribution in [0.3, 0.4) is 0 Å². The second-order valence-corrected chi connectivity index (χ2v) is 6.51. The molecule has 2 fully saturated rings. The summed E-state index contributed by atoms with van der Waals surface area (Å²) in [4.78, 5) is 19.9. The Balaban J connectivity index is 1.57. The Morgan fingerprint density at radius 3 is 2.68 bits per heavy atom. The van der Waals surface area contributed by atoms with Crippen LogP contribution in [0.15, 0.2) is 18.3 Å². The molecule has 3 heterocycles. The van der Waals surface area contributed by atoms with Gasteiger partial charge in [-0.2, -0.15) is 13.2 Å². The highest BCUT2D eigenvalue weighted by Crippen LogP contribution is 2.27. The molecule has 1 aromatic heterocycles. The Hall–Kier alpha value is -1.67. The molecular weight excluding hydrogens is 335 g/mol. The van der Waals surface area contributed by atoms with Crippen molar-refractivity contribution in [2.45, 2.75) is 31.5 Å². The number of ether oxygens (including phenoxy) is 1. The Morgan fingerprint density at radius 2 is 2.04 bits per heavy atom. The molecule has 0 saturated carbocycles. The van der Waals surface area contributed by atoms with E-state index in [9.17, 15) is 18.0 Å². The van der Waals surface area contributed by atoms with E-state index in [2.05, 4.69) is 9.88 Å². The number of rotatable bonds is 3. The average Bonchev–Trinajstić information content (AvgIpc) is 2.98. The van der Waals surface area contributed by atoms with Crippen molar-refractivity contribution in [2.24, 2.45) is 0 Å². The molecule has 1 unspecified atom stereocenters. The van der Waals surface area contributed by atoms with Gasteiger partial charge in [0.25, 0.3) is 5.91 Å². The van der Waals surface area contributed by atoms with E-state index in [1.54, 1.807) is 4.90 Å². The van der Waals surface area contributed by atoms with Crippen molar-refractivity contribution in [2.75, 3.05) is 39.3 Å². The molecule has 1 amide bonds. The van der Waals surface area contributed by atoms with E-state index in [0.29, 0.717) is 13.1 Å². The summed E-state index contributed by atoms with van der Waals surface area (Å²) in [6.45, 7) is 4.51. The van der Waals surface area contributed by atoms with Gasteiger partial charge >= 0.3 is 6.18 Å². The van der Waals surface area contributed by atoms with Crippen LogP contribution in [0.5, 0.6) is 0 Å². The maximum absolute atomic E-state index is 12.6. The van der Waals surface area contributed by atoms with Gasteiger partial charge in [-0.25, -0.2) is 0 Å². The molecule has 8 heteroatoms. The van der Waals surface area contributed by atoms with E-state index in [-0.39, 0.29) is 17.6 Å². The van der Waals surface area contributed by atoms with Crippen molar-refractivity contribution < 1.29 is 22.7 Å². The zero-order chi connectivity index (χ0) is 17.9. The van der Waals surface area contributed by atoms with Crippen LogP contribution in [0.25, 0.3) is 0 Å². The summed E-state index contributed by atoms with van der Waals surface area (Å²) < 4.78 is 43.4. The summed E-state index contributed by atoms with van der Waals surface area (Å²) in [5.74, 6) is -0.264. The van der Waals surface area contributed by atoms with E-state index < -0.39 is 11.9 Å². The molecule has 5 nitrogen and oxygen atoms in total. The first-order valence-corrected chi connectivity index (χ1v) is 8.60. The van der Waals surface area contributed by atoms with E-state index in [0.717, 1.165) is 57.8 Å². The molecule has 1 aromatic rings. The van der Waals surface area contributed by atoms with Crippen molar-refractivity contribution in [3.05, 3.63) is 29.6 Å². The van der Waals surface area contributed by atoms with Crippen molar-refractivity contribution >= 4 is 5.91 Å². The highest BCUT2D eigenvalue weighted by atomic mass is 19.4. The molecule has 0 spiro atoms. The van der Waals surface area contributed by atoms with Gasteiger partial charge in [-0.05, 0) is 37.9 Å². The van der Waals surface area contributed by atoms with Crippen molar-refractivity contribution in [3.8, 4) is 0 Å². The third kappa shape index (κ3) is 4.70. The fraction of sp³-hybridized carbons (Fsp3) is 0.647. The second kappa shape index (κ2) is 7.70. The van der Waals surface area contributed by atoms with Gasteiger partial charge in [-0.3, -0.25) is 14.7 Å². The Kier molecular flexibility index (Phi) is 5.58. The summed E-state index contributed by atoms with van der Waals surface area (Å²) in [5.41, 5.74) is -0.789. The summed E-state index contributed by atoms with van der Waals surface area (Å²) in [6.07, 6.45) is -0.179. The number of nitrogens with zero attached hydrogens (tertiary/aromatic N) is 3. The number of hydrogen-bond acceptors (Lipinski definition) is 4. The van der Waals surface area contributed by atoms with Gasteiger partial charge in [0.05, 0.1) is 11.7 Å². The normalized spacial score (nSPS) is 22.8. The minimum absolute atomic E-state index is 0.195. The van der Waals surface area contributed by atoms with Gasteiger partial charge < -0.3 is 9.64 Å². The second-order valence-electron chi connectivity index (χ2n) is 6.51. The third-order valence-electron chi connectivity index (χ3n) is 4.66. The topological polar surface area (TPSA) is 45.7 Å². The molecule has 0 radical (unpaired) electrons. The predicted octanol–water partition coefficient (Wildman–Crippen LogP) is 2.43. The quantitative estimate of drug-likeness (QED) is 0.834. The number of aromatic nitrogens is 1. The Labute approximate surface area is 144 Å². The Bertz CT molecular complexity index is 586. The minimum Gasteiger partial charge on any atom is -0.377 e. The van der Waals surface area contributed by atoms with Crippen LogP contribution in [0, 0.1) is 0 Å². The largest absolute Gasteiger partial charge is 0.433 e. The average molecular weight is 357 g/mol. The third-order valence-corrected chi connectivity index (χ3v) is 4.66. The van der Waals surface area contributed by atoms with Gasteiger partial charge in [0.2, 0.25) is 0 Å². The van der Waals surface area contributed by atoms with Crippen LogP contribution in [-0.2, 0) is 10.9 Å². The van der Waals surface area contributed by atoms with E-state index in [1.807, 2.05) is 0 Å². The van der Waals surface area contributed by atoms with E-state index in [1.165, 1.54) is 6.07 Å². The number of halogens is 3. The van der Waals surface area contributed by atoms with Gasteiger partial charge in [-0.1, -0.05) is 0 Å². The summed E-state index contributed by atoms with van der Waals surface area (Å²) >= 11 is 0. The highest BCUT2D eigenvalue weighted by molar-refractivity contribution is 5.93. The molecule has 2 aliphatic heterocycles. The lowest BCUT2D eigenvalue weighted by Gasteiger charge is -2.24. The SMILES string of the molecule is O=C(c1ccc(C(F)(F)F)nc1)N1CCCN(CC2CCCO2)CC1. The summed E-state index contributed by atoms with van der Waals surface area (Å²) in [7, 11) is 0. The molecule has 138 valence electrons. The van der Waals surface area contributed by atoms with Crippen molar-refractivity contribution in [1.29, 1.82) is 0 Å². The number of alkyl halides is 3. The lowest BCUT2D eigenvalue weighted by atomic mass is 10.2. The maximum atomic E-state index is 12.6. The number of pyridine rings is 1. The van der Waals surface area contributed by atoms with Crippen LogP contribution in [0.2, 0.25) is 0 Å². The number of amides is 1. The molecule has 0 N–H and O–H groups in total. The minimum atomic E-state index is -4.49. The first-order valence-electron chi connectivity index (χ1n) is 8.60. The van der Waals surface area contributed by atoms with Gasteiger partial charge in [0.15, 0.2) is 0 Å². The lowest BCUT2D eigenvalue weighted by molar-refractivity contribution is -0.141. The fourth-order valence-corrected chi connectivity index (χ4v) is 3.30. The van der Waals surface area contributed by atoms with Gasteiger partial charge in [0, 0.05) is 39.0 Å². The van der Waals surface area contributed by atoms with Crippen LogP contribution in [-0.4, -0.2) is 66.1 Å². The van der Waals surface area contributed by atoms with Crippen LogP contribution in [0.1, 0.15) is 35.3 Å². The van der Waals surface area contributed by atoms with Crippen LogP contribution < -0.4 is 0 Å². The first-order chi connectivity index (χ1) is 11.9. The molecule has 0 aromatic carbocycles. The van der Waals surface area contributed by atoms with E-state index >= 15 is 0 Å². The smallest absolute Gasteiger partial charge is 0.377 e. The lowest BCUT2D eigenvalue weighted by Crippen LogP contribution is -2.37. The molecule has 2 aliphatic rings. The summed E-state index contributed by atoms with van der Waals surface area (Å²) in [5, 5.41) is 0. The summed E-state index contributed by atoms with van der Waals surface area (Å²) in [6, 6.07) is 2.06. The van der Waals surface area contributed by atoms with Gasteiger partial charge in [0.1, 0.15) is 5.69 Å². The molecule has 0 aliphatic carbocycles. The first kappa shape index (κ1) is 18.1.